The van der Waals surface area contributed by atoms with Crippen molar-refractivity contribution in [2.75, 3.05) is 0 Å². The highest BCUT2D eigenvalue weighted by atomic mass is 79.9. The Morgan fingerprint density at radius 3 is 2.82 bits per heavy atom. The van der Waals surface area contributed by atoms with E-state index in [9.17, 15) is 0 Å². The standard InChI is InChI=1S/C14H20BrClS/c1-9(2)10-3-4-13(16)11(7-10)8-14-12(15)5-6-17-14/h5-6,9-11,13H,3-4,7-8H2,1-2H3. The summed E-state index contributed by atoms with van der Waals surface area (Å²) in [4.78, 5) is 1.46. The normalized spacial score (nSPS) is 29.8. The molecule has 1 aromatic heterocycles. The van der Waals surface area contributed by atoms with Crippen LogP contribution in [0.25, 0.3) is 0 Å². The smallest absolute Gasteiger partial charge is 0.0367 e. The van der Waals surface area contributed by atoms with Crippen LogP contribution in [0.2, 0.25) is 0 Å². The Bertz CT molecular complexity index is 361. The molecular weight excluding hydrogens is 316 g/mol. The summed E-state index contributed by atoms with van der Waals surface area (Å²) in [5, 5.41) is 2.53. The monoisotopic (exact) mass is 334 g/mol. The van der Waals surface area contributed by atoms with Gasteiger partial charge in [-0.05, 0) is 70.8 Å². The Kier molecular flexibility index (Phi) is 4.96. The number of rotatable bonds is 3. The Morgan fingerprint density at radius 2 is 2.24 bits per heavy atom. The zero-order valence-corrected chi connectivity index (χ0v) is 13.6. The van der Waals surface area contributed by atoms with Crippen molar-refractivity contribution in [2.45, 2.75) is 44.9 Å². The molecule has 0 radical (unpaired) electrons. The molecule has 1 heterocycles. The van der Waals surface area contributed by atoms with Gasteiger partial charge in [-0.3, -0.25) is 0 Å². The third-order valence-corrected chi connectivity index (χ3v) is 6.53. The van der Waals surface area contributed by atoms with E-state index in [1.165, 1.54) is 28.6 Å². The molecule has 0 saturated heterocycles. The first-order valence-electron chi connectivity index (χ1n) is 6.44. The van der Waals surface area contributed by atoms with Gasteiger partial charge in [-0.2, -0.15) is 0 Å². The maximum Gasteiger partial charge on any atom is 0.0367 e. The summed E-state index contributed by atoms with van der Waals surface area (Å²) in [6.07, 6.45) is 4.96. The molecule has 0 N–H and O–H groups in total. The van der Waals surface area contributed by atoms with Gasteiger partial charge in [0.1, 0.15) is 0 Å². The van der Waals surface area contributed by atoms with E-state index in [0.29, 0.717) is 11.3 Å². The Morgan fingerprint density at radius 1 is 1.47 bits per heavy atom. The number of hydrogen-bond donors (Lipinski definition) is 0. The van der Waals surface area contributed by atoms with Gasteiger partial charge >= 0.3 is 0 Å². The van der Waals surface area contributed by atoms with Gasteiger partial charge in [-0.25, -0.2) is 0 Å². The summed E-state index contributed by atoms with van der Waals surface area (Å²) >= 11 is 12.0. The van der Waals surface area contributed by atoms with Crippen LogP contribution >= 0.6 is 38.9 Å². The van der Waals surface area contributed by atoms with Gasteiger partial charge in [0.2, 0.25) is 0 Å². The minimum Gasteiger partial charge on any atom is -0.148 e. The second-order valence-electron chi connectivity index (χ2n) is 5.49. The van der Waals surface area contributed by atoms with E-state index in [1.54, 1.807) is 0 Å². The largest absolute Gasteiger partial charge is 0.148 e. The highest BCUT2D eigenvalue weighted by molar-refractivity contribution is 9.10. The van der Waals surface area contributed by atoms with Crippen molar-refractivity contribution >= 4 is 38.9 Å². The van der Waals surface area contributed by atoms with Crippen molar-refractivity contribution in [3.05, 3.63) is 20.8 Å². The first-order chi connectivity index (χ1) is 8.08. The van der Waals surface area contributed by atoms with Crippen molar-refractivity contribution in [2.24, 2.45) is 17.8 Å². The van der Waals surface area contributed by atoms with E-state index in [1.807, 2.05) is 11.3 Å². The maximum atomic E-state index is 6.51. The summed E-state index contributed by atoms with van der Waals surface area (Å²) in [7, 11) is 0. The number of alkyl halides is 1. The minimum atomic E-state index is 0.374. The molecule has 3 atom stereocenters. The lowest BCUT2D eigenvalue weighted by Crippen LogP contribution is -2.29. The molecule has 1 aliphatic rings. The highest BCUT2D eigenvalue weighted by Gasteiger charge is 2.31. The van der Waals surface area contributed by atoms with E-state index < -0.39 is 0 Å². The Hall–Kier alpha value is 0.470. The van der Waals surface area contributed by atoms with Gasteiger partial charge < -0.3 is 0 Å². The lowest BCUT2D eigenvalue weighted by Gasteiger charge is -2.35. The fourth-order valence-electron chi connectivity index (χ4n) is 2.79. The number of halogens is 2. The molecule has 0 aromatic carbocycles. The average molecular weight is 336 g/mol. The van der Waals surface area contributed by atoms with Crippen LogP contribution in [0.1, 0.15) is 38.0 Å². The first-order valence-corrected chi connectivity index (χ1v) is 8.54. The van der Waals surface area contributed by atoms with E-state index in [0.717, 1.165) is 18.3 Å². The molecule has 1 aliphatic carbocycles. The Labute approximate surface area is 122 Å². The molecule has 0 amide bonds. The fraction of sp³-hybridized carbons (Fsp3) is 0.714. The third kappa shape index (κ3) is 3.48. The molecule has 0 nitrogen and oxygen atoms in total. The summed E-state index contributed by atoms with van der Waals surface area (Å²) in [6.45, 7) is 4.69. The molecule has 0 spiro atoms. The van der Waals surface area contributed by atoms with Crippen molar-refractivity contribution in [3.8, 4) is 0 Å². The molecule has 17 heavy (non-hydrogen) atoms. The van der Waals surface area contributed by atoms with Crippen molar-refractivity contribution in [1.82, 2.24) is 0 Å². The fourth-order valence-corrected chi connectivity index (χ4v) is 4.72. The van der Waals surface area contributed by atoms with E-state index in [4.69, 9.17) is 11.6 Å². The van der Waals surface area contributed by atoms with Crippen LogP contribution in [0.3, 0.4) is 0 Å². The predicted octanol–water partition coefficient (Wildman–Crippen LogP) is 5.73. The average Bonchev–Trinajstić information content (AvgIpc) is 2.67. The second kappa shape index (κ2) is 6.08. The van der Waals surface area contributed by atoms with Crippen molar-refractivity contribution in [1.29, 1.82) is 0 Å². The van der Waals surface area contributed by atoms with Gasteiger partial charge in [-0.1, -0.05) is 13.8 Å². The molecule has 3 heteroatoms. The Balaban J connectivity index is 2.01. The zero-order chi connectivity index (χ0) is 12.4. The van der Waals surface area contributed by atoms with Crippen LogP contribution in [-0.2, 0) is 6.42 Å². The molecule has 0 bridgehead atoms. The zero-order valence-electron chi connectivity index (χ0n) is 10.5. The molecule has 96 valence electrons. The van der Waals surface area contributed by atoms with Crippen molar-refractivity contribution in [3.63, 3.8) is 0 Å². The van der Waals surface area contributed by atoms with Crippen LogP contribution < -0.4 is 0 Å². The van der Waals surface area contributed by atoms with E-state index >= 15 is 0 Å². The van der Waals surface area contributed by atoms with E-state index in [-0.39, 0.29) is 0 Å². The summed E-state index contributed by atoms with van der Waals surface area (Å²) < 4.78 is 1.26. The molecular formula is C14H20BrClS. The third-order valence-electron chi connectivity index (χ3n) is 4.01. The van der Waals surface area contributed by atoms with Gasteiger partial charge in [-0.15, -0.1) is 22.9 Å². The molecule has 2 rings (SSSR count). The summed E-state index contributed by atoms with van der Waals surface area (Å²) in [5.41, 5.74) is 0. The van der Waals surface area contributed by atoms with Crippen LogP contribution in [-0.4, -0.2) is 5.38 Å². The SMILES string of the molecule is CC(C)C1CCC(Cl)C(Cc2sccc2Br)C1. The van der Waals surface area contributed by atoms with Crippen molar-refractivity contribution < 1.29 is 0 Å². The van der Waals surface area contributed by atoms with Crippen LogP contribution in [0.5, 0.6) is 0 Å². The minimum absolute atomic E-state index is 0.374. The molecule has 1 fully saturated rings. The lowest BCUT2D eigenvalue weighted by molar-refractivity contribution is 0.218. The van der Waals surface area contributed by atoms with Crippen LogP contribution in [0.4, 0.5) is 0 Å². The van der Waals surface area contributed by atoms with Gasteiger partial charge in [0.25, 0.3) is 0 Å². The highest BCUT2D eigenvalue weighted by Crippen LogP contribution is 2.39. The maximum absolute atomic E-state index is 6.51. The molecule has 1 saturated carbocycles. The topological polar surface area (TPSA) is 0 Å². The van der Waals surface area contributed by atoms with Gasteiger partial charge in [0, 0.05) is 14.7 Å². The van der Waals surface area contributed by atoms with Gasteiger partial charge in [0.05, 0.1) is 0 Å². The van der Waals surface area contributed by atoms with Crippen LogP contribution in [0, 0.1) is 17.8 Å². The number of thiophene rings is 1. The summed E-state index contributed by atoms with van der Waals surface area (Å²) in [6, 6.07) is 2.14. The molecule has 1 aromatic rings. The van der Waals surface area contributed by atoms with Crippen LogP contribution in [0.15, 0.2) is 15.9 Å². The second-order valence-corrected chi connectivity index (χ2v) is 7.90. The summed E-state index contributed by atoms with van der Waals surface area (Å²) in [5.74, 6) is 2.33. The quantitative estimate of drug-likeness (QED) is 0.618. The number of hydrogen-bond acceptors (Lipinski definition) is 1. The van der Waals surface area contributed by atoms with E-state index in [2.05, 4.69) is 41.2 Å². The lowest BCUT2D eigenvalue weighted by atomic mass is 9.75. The molecule has 3 unspecified atom stereocenters. The molecule has 0 aliphatic heterocycles. The van der Waals surface area contributed by atoms with Gasteiger partial charge in [0.15, 0.2) is 0 Å². The predicted molar refractivity (Wildman–Crippen MR) is 81.0 cm³/mol. The first kappa shape index (κ1) is 13.9.